The van der Waals surface area contributed by atoms with Gasteiger partial charge in [-0.15, -0.1) is 0 Å². The van der Waals surface area contributed by atoms with Crippen LogP contribution < -0.4 is 10.1 Å². The number of carbonyl (C=O) groups excluding carboxylic acids is 1. The highest BCUT2D eigenvalue weighted by Crippen LogP contribution is 2.36. The summed E-state index contributed by atoms with van der Waals surface area (Å²) in [6.07, 6.45) is 2.15. The second-order valence-corrected chi connectivity index (χ2v) is 6.73. The second-order valence-electron chi connectivity index (χ2n) is 6.73. The molecule has 0 fully saturated rings. The number of methoxy groups -OCH3 is 1. The first-order valence-corrected chi connectivity index (χ1v) is 9.07. The fraction of sp³-hybridized carbons (Fsp3) is 0.0870. The quantitative estimate of drug-likeness (QED) is 0.454. The Labute approximate surface area is 160 Å². The zero-order chi connectivity index (χ0) is 19.1. The fourth-order valence-electron chi connectivity index (χ4n) is 3.66. The largest absolute Gasteiger partial charge is 0.495 e. The molecule has 0 unspecified atom stereocenters. The highest BCUT2D eigenvalue weighted by molar-refractivity contribution is 6.08. The molecular formula is C23H18N2O3. The van der Waals surface area contributed by atoms with Crippen LogP contribution in [0.5, 0.6) is 5.75 Å². The van der Waals surface area contributed by atoms with Crippen LogP contribution in [0.1, 0.15) is 5.56 Å². The number of anilines is 1. The first-order valence-electron chi connectivity index (χ1n) is 9.07. The first-order chi connectivity index (χ1) is 13.7. The van der Waals surface area contributed by atoms with Crippen LogP contribution in [0.15, 0.2) is 71.3 Å². The maximum Gasteiger partial charge on any atom is 0.228 e. The molecule has 2 heterocycles. The van der Waals surface area contributed by atoms with E-state index in [4.69, 9.17) is 9.15 Å². The van der Waals surface area contributed by atoms with E-state index in [0.29, 0.717) is 17.0 Å². The minimum atomic E-state index is -0.112. The molecule has 0 saturated carbocycles. The summed E-state index contributed by atoms with van der Waals surface area (Å²) < 4.78 is 11.4. The molecule has 1 amide bonds. The summed E-state index contributed by atoms with van der Waals surface area (Å²) >= 11 is 0. The zero-order valence-corrected chi connectivity index (χ0v) is 15.3. The van der Waals surface area contributed by atoms with Gasteiger partial charge in [0.05, 0.1) is 19.2 Å². The van der Waals surface area contributed by atoms with Crippen LogP contribution in [0.3, 0.4) is 0 Å². The van der Waals surface area contributed by atoms with Gasteiger partial charge in [-0.25, -0.2) is 0 Å². The van der Waals surface area contributed by atoms with Crippen molar-refractivity contribution in [1.82, 2.24) is 4.98 Å². The van der Waals surface area contributed by atoms with Crippen molar-refractivity contribution >= 4 is 44.4 Å². The Bertz CT molecular complexity index is 1330. The molecule has 0 saturated heterocycles. The summed E-state index contributed by atoms with van der Waals surface area (Å²) in [7, 11) is 1.60. The Morgan fingerprint density at radius 1 is 1.00 bits per heavy atom. The molecule has 2 aromatic heterocycles. The van der Waals surface area contributed by atoms with E-state index >= 15 is 0 Å². The van der Waals surface area contributed by atoms with Gasteiger partial charge in [-0.05, 0) is 23.8 Å². The summed E-state index contributed by atoms with van der Waals surface area (Å²) in [5, 5.41) is 6.00. The number of para-hydroxylation sites is 2. The lowest BCUT2D eigenvalue weighted by atomic mass is 10.1. The number of ether oxygens (including phenoxy) is 1. The number of aromatic amines is 1. The SMILES string of the molecule is COc1cc2c(cc1NC(=O)Cc1c[nH]c3ccccc13)oc1ccccc12. The number of fused-ring (bicyclic) bond motifs is 4. The summed E-state index contributed by atoms with van der Waals surface area (Å²) in [5.74, 6) is 0.491. The Hall–Kier alpha value is -3.73. The molecule has 0 atom stereocenters. The number of benzene rings is 3. The molecule has 5 nitrogen and oxygen atoms in total. The van der Waals surface area contributed by atoms with E-state index in [1.54, 1.807) is 7.11 Å². The number of carbonyl (C=O) groups is 1. The van der Waals surface area contributed by atoms with Crippen LogP contribution in [0.25, 0.3) is 32.8 Å². The normalized spacial score (nSPS) is 11.3. The molecule has 0 bridgehead atoms. The van der Waals surface area contributed by atoms with E-state index in [9.17, 15) is 4.79 Å². The minimum Gasteiger partial charge on any atom is -0.495 e. The highest BCUT2D eigenvalue weighted by atomic mass is 16.5. The molecule has 0 aliphatic rings. The maximum absolute atomic E-state index is 12.7. The number of rotatable bonds is 4. The van der Waals surface area contributed by atoms with Gasteiger partial charge in [0.1, 0.15) is 16.9 Å². The number of hydrogen-bond acceptors (Lipinski definition) is 3. The van der Waals surface area contributed by atoms with Crippen LogP contribution in [0, 0.1) is 0 Å². The van der Waals surface area contributed by atoms with Gasteiger partial charge in [0.25, 0.3) is 0 Å². The van der Waals surface area contributed by atoms with Gasteiger partial charge < -0.3 is 19.5 Å². The Balaban J connectivity index is 1.48. The second kappa shape index (κ2) is 6.46. The van der Waals surface area contributed by atoms with Gasteiger partial charge in [0.2, 0.25) is 5.91 Å². The molecule has 0 aliphatic heterocycles. The molecule has 5 heteroatoms. The molecule has 0 radical (unpaired) electrons. The molecule has 28 heavy (non-hydrogen) atoms. The summed E-state index contributed by atoms with van der Waals surface area (Å²) in [4.78, 5) is 15.9. The van der Waals surface area contributed by atoms with Crippen molar-refractivity contribution in [3.63, 3.8) is 0 Å². The van der Waals surface area contributed by atoms with Crippen LogP contribution in [-0.4, -0.2) is 18.0 Å². The Morgan fingerprint density at radius 3 is 2.64 bits per heavy atom. The average molecular weight is 370 g/mol. The average Bonchev–Trinajstić information content (AvgIpc) is 3.28. The third kappa shape index (κ3) is 2.68. The van der Waals surface area contributed by atoms with Crippen molar-refractivity contribution in [2.75, 3.05) is 12.4 Å². The van der Waals surface area contributed by atoms with Gasteiger partial charge in [-0.3, -0.25) is 4.79 Å². The first kappa shape index (κ1) is 16.4. The van der Waals surface area contributed by atoms with E-state index in [0.717, 1.165) is 32.8 Å². The van der Waals surface area contributed by atoms with E-state index in [1.165, 1.54) is 0 Å². The lowest BCUT2D eigenvalue weighted by molar-refractivity contribution is -0.115. The molecule has 5 rings (SSSR count). The molecule has 138 valence electrons. The van der Waals surface area contributed by atoms with Crippen molar-refractivity contribution in [3.8, 4) is 5.75 Å². The number of H-pyrrole nitrogens is 1. The van der Waals surface area contributed by atoms with E-state index in [1.807, 2.05) is 66.9 Å². The molecule has 3 aromatic carbocycles. The summed E-state index contributed by atoms with van der Waals surface area (Å²) in [6, 6.07) is 19.5. The number of hydrogen-bond donors (Lipinski definition) is 2. The fourth-order valence-corrected chi connectivity index (χ4v) is 3.66. The zero-order valence-electron chi connectivity index (χ0n) is 15.3. The standard InChI is InChI=1S/C23H18N2O3/c1-27-22-11-17-16-7-3-5-9-20(16)28-21(17)12-19(22)25-23(26)10-14-13-24-18-8-4-2-6-15(14)18/h2-9,11-13,24H,10H2,1H3,(H,25,26). The van der Waals surface area contributed by atoms with Crippen molar-refractivity contribution in [2.45, 2.75) is 6.42 Å². The van der Waals surface area contributed by atoms with Crippen LogP contribution in [0.4, 0.5) is 5.69 Å². The predicted octanol–water partition coefficient (Wildman–Crippen LogP) is 5.26. The predicted molar refractivity (Wildman–Crippen MR) is 111 cm³/mol. The van der Waals surface area contributed by atoms with Gasteiger partial charge in [0.15, 0.2) is 0 Å². The van der Waals surface area contributed by atoms with Crippen molar-refractivity contribution in [3.05, 3.63) is 72.4 Å². The van der Waals surface area contributed by atoms with Crippen LogP contribution in [-0.2, 0) is 11.2 Å². The highest BCUT2D eigenvalue weighted by Gasteiger charge is 2.15. The van der Waals surface area contributed by atoms with Crippen molar-refractivity contribution in [1.29, 1.82) is 0 Å². The van der Waals surface area contributed by atoms with E-state index in [-0.39, 0.29) is 12.3 Å². The molecule has 5 aromatic rings. The third-order valence-corrected chi connectivity index (χ3v) is 5.00. The van der Waals surface area contributed by atoms with E-state index < -0.39 is 0 Å². The van der Waals surface area contributed by atoms with Crippen LogP contribution in [0.2, 0.25) is 0 Å². The Kier molecular flexibility index (Phi) is 3.79. The molecular weight excluding hydrogens is 352 g/mol. The molecule has 0 spiro atoms. The van der Waals surface area contributed by atoms with Gasteiger partial charge in [-0.2, -0.15) is 0 Å². The topological polar surface area (TPSA) is 67.3 Å². The van der Waals surface area contributed by atoms with E-state index in [2.05, 4.69) is 10.3 Å². The number of aromatic nitrogens is 1. The molecule has 0 aliphatic carbocycles. The number of amides is 1. The maximum atomic E-state index is 12.7. The van der Waals surface area contributed by atoms with Gasteiger partial charge in [0, 0.05) is 33.9 Å². The smallest absolute Gasteiger partial charge is 0.228 e. The molecule has 2 N–H and O–H groups in total. The number of furan rings is 1. The lowest BCUT2D eigenvalue weighted by Crippen LogP contribution is -2.14. The summed E-state index contributed by atoms with van der Waals surface area (Å²) in [6.45, 7) is 0. The minimum absolute atomic E-state index is 0.112. The summed E-state index contributed by atoms with van der Waals surface area (Å²) in [5.41, 5.74) is 4.09. The van der Waals surface area contributed by atoms with Crippen molar-refractivity contribution in [2.24, 2.45) is 0 Å². The van der Waals surface area contributed by atoms with Crippen molar-refractivity contribution < 1.29 is 13.9 Å². The van der Waals surface area contributed by atoms with Gasteiger partial charge in [-0.1, -0.05) is 36.4 Å². The van der Waals surface area contributed by atoms with Crippen LogP contribution >= 0.6 is 0 Å². The number of nitrogens with one attached hydrogen (secondary N) is 2. The lowest BCUT2D eigenvalue weighted by Gasteiger charge is -2.10. The Morgan fingerprint density at radius 2 is 1.79 bits per heavy atom. The van der Waals surface area contributed by atoms with Gasteiger partial charge >= 0.3 is 0 Å². The monoisotopic (exact) mass is 370 g/mol. The third-order valence-electron chi connectivity index (χ3n) is 5.00.